The lowest BCUT2D eigenvalue weighted by Crippen LogP contribution is -2.23. The van der Waals surface area contributed by atoms with E-state index in [0.29, 0.717) is 19.6 Å². The Labute approximate surface area is 132 Å². The number of rotatable bonds is 7. The SMILES string of the molecule is CC[C@H](OCc1ccccc1)C(=O)/C=C/[C@H]1COC(C)(C)O1. The molecule has 120 valence electrons. The number of carbonyl (C=O) groups is 1. The Morgan fingerprint density at radius 2 is 2.14 bits per heavy atom. The van der Waals surface area contributed by atoms with Crippen molar-refractivity contribution in [1.82, 2.24) is 0 Å². The summed E-state index contributed by atoms with van der Waals surface area (Å²) in [5, 5.41) is 0. The van der Waals surface area contributed by atoms with E-state index < -0.39 is 11.9 Å². The van der Waals surface area contributed by atoms with E-state index in [1.54, 1.807) is 12.2 Å². The molecule has 4 nitrogen and oxygen atoms in total. The fourth-order valence-corrected chi connectivity index (χ4v) is 2.29. The van der Waals surface area contributed by atoms with Crippen molar-refractivity contribution in [3.63, 3.8) is 0 Å². The van der Waals surface area contributed by atoms with Crippen LogP contribution in [0.3, 0.4) is 0 Å². The average molecular weight is 304 g/mol. The quantitative estimate of drug-likeness (QED) is 0.725. The molecule has 0 N–H and O–H groups in total. The third-order valence-corrected chi connectivity index (χ3v) is 3.49. The first kappa shape index (κ1) is 16.9. The highest BCUT2D eigenvalue weighted by molar-refractivity contribution is 5.93. The molecule has 0 saturated carbocycles. The second kappa shape index (κ2) is 7.68. The number of benzene rings is 1. The van der Waals surface area contributed by atoms with E-state index in [-0.39, 0.29) is 11.9 Å². The zero-order valence-electron chi connectivity index (χ0n) is 13.5. The van der Waals surface area contributed by atoms with Crippen LogP contribution in [0.5, 0.6) is 0 Å². The van der Waals surface area contributed by atoms with Crippen molar-refractivity contribution >= 4 is 5.78 Å². The molecule has 4 heteroatoms. The molecule has 0 unspecified atom stereocenters. The first-order valence-corrected chi connectivity index (χ1v) is 7.69. The second-order valence-electron chi connectivity index (χ2n) is 5.82. The van der Waals surface area contributed by atoms with Gasteiger partial charge in [0.2, 0.25) is 0 Å². The monoisotopic (exact) mass is 304 g/mol. The lowest BCUT2D eigenvalue weighted by atomic mass is 10.1. The maximum Gasteiger partial charge on any atom is 0.184 e. The number of hydrogen-bond acceptors (Lipinski definition) is 4. The zero-order chi connectivity index (χ0) is 16.0. The Hall–Kier alpha value is -1.49. The summed E-state index contributed by atoms with van der Waals surface area (Å²) < 4.78 is 16.8. The lowest BCUT2D eigenvalue weighted by Gasteiger charge is -2.16. The fourth-order valence-electron chi connectivity index (χ4n) is 2.29. The van der Waals surface area contributed by atoms with Gasteiger partial charge in [-0.25, -0.2) is 0 Å². The summed E-state index contributed by atoms with van der Waals surface area (Å²) in [6, 6.07) is 9.85. The van der Waals surface area contributed by atoms with Crippen molar-refractivity contribution < 1.29 is 19.0 Å². The van der Waals surface area contributed by atoms with Gasteiger partial charge in [0.1, 0.15) is 12.2 Å². The molecule has 1 aliphatic heterocycles. The van der Waals surface area contributed by atoms with E-state index in [0.717, 1.165) is 5.56 Å². The van der Waals surface area contributed by atoms with Crippen LogP contribution < -0.4 is 0 Å². The van der Waals surface area contributed by atoms with Crippen LogP contribution in [0.1, 0.15) is 32.8 Å². The van der Waals surface area contributed by atoms with Gasteiger partial charge in [0, 0.05) is 0 Å². The van der Waals surface area contributed by atoms with Crippen LogP contribution in [0.15, 0.2) is 42.5 Å². The molecular weight excluding hydrogens is 280 g/mol. The lowest BCUT2D eigenvalue weighted by molar-refractivity contribution is -0.133. The minimum Gasteiger partial charge on any atom is -0.365 e. The molecule has 0 aliphatic carbocycles. The van der Waals surface area contributed by atoms with Gasteiger partial charge in [-0.1, -0.05) is 37.3 Å². The molecule has 2 atom stereocenters. The number of hydrogen-bond donors (Lipinski definition) is 0. The first-order valence-electron chi connectivity index (χ1n) is 7.69. The fraction of sp³-hybridized carbons (Fsp3) is 0.500. The molecule has 1 aromatic carbocycles. The smallest absolute Gasteiger partial charge is 0.184 e. The third kappa shape index (κ3) is 5.05. The average Bonchev–Trinajstić information content (AvgIpc) is 2.86. The van der Waals surface area contributed by atoms with Crippen molar-refractivity contribution in [2.75, 3.05) is 6.61 Å². The van der Waals surface area contributed by atoms with Crippen molar-refractivity contribution in [2.45, 2.75) is 51.8 Å². The number of ether oxygens (including phenoxy) is 3. The van der Waals surface area contributed by atoms with E-state index in [9.17, 15) is 4.79 Å². The summed E-state index contributed by atoms with van der Waals surface area (Å²) in [4.78, 5) is 12.2. The van der Waals surface area contributed by atoms with Crippen LogP contribution in [0.4, 0.5) is 0 Å². The normalized spacial score (nSPS) is 22.0. The van der Waals surface area contributed by atoms with Gasteiger partial charge < -0.3 is 14.2 Å². The Kier molecular flexibility index (Phi) is 5.89. The van der Waals surface area contributed by atoms with Gasteiger partial charge in [-0.05, 0) is 38.0 Å². The summed E-state index contributed by atoms with van der Waals surface area (Å²) >= 11 is 0. The largest absolute Gasteiger partial charge is 0.365 e. The minimum absolute atomic E-state index is 0.0354. The minimum atomic E-state index is -0.577. The van der Waals surface area contributed by atoms with Crippen molar-refractivity contribution in [3.8, 4) is 0 Å². The maximum atomic E-state index is 12.2. The number of ketones is 1. The van der Waals surface area contributed by atoms with Gasteiger partial charge in [0.25, 0.3) is 0 Å². The second-order valence-corrected chi connectivity index (χ2v) is 5.82. The van der Waals surface area contributed by atoms with E-state index in [4.69, 9.17) is 14.2 Å². The van der Waals surface area contributed by atoms with Crippen LogP contribution in [0, 0.1) is 0 Å². The van der Waals surface area contributed by atoms with Crippen LogP contribution in [-0.4, -0.2) is 30.4 Å². The van der Waals surface area contributed by atoms with Crippen LogP contribution in [0.2, 0.25) is 0 Å². The van der Waals surface area contributed by atoms with Crippen molar-refractivity contribution in [3.05, 3.63) is 48.0 Å². The predicted molar refractivity (Wildman–Crippen MR) is 84.4 cm³/mol. The topological polar surface area (TPSA) is 44.8 Å². The Bertz CT molecular complexity index is 507. The van der Waals surface area contributed by atoms with Crippen LogP contribution in [0.25, 0.3) is 0 Å². The standard InChI is InChI=1S/C18H24O4/c1-4-17(20-12-14-8-6-5-7-9-14)16(19)11-10-15-13-21-18(2,3)22-15/h5-11,15,17H,4,12-13H2,1-3H3/b11-10+/t15-,17-/m0/s1. The van der Waals surface area contributed by atoms with E-state index >= 15 is 0 Å². The summed E-state index contributed by atoms with van der Waals surface area (Å²) in [6.07, 6.45) is 3.35. The maximum absolute atomic E-state index is 12.2. The van der Waals surface area contributed by atoms with E-state index in [2.05, 4.69) is 0 Å². The molecule has 2 rings (SSSR count). The highest BCUT2D eigenvalue weighted by atomic mass is 16.7. The molecule has 1 fully saturated rings. The van der Waals surface area contributed by atoms with Crippen LogP contribution >= 0.6 is 0 Å². The summed E-state index contributed by atoms with van der Waals surface area (Å²) in [5.41, 5.74) is 1.06. The van der Waals surface area contributed by atoms with Crippen molar-refractivity contribution in [1.29, 1.82) is 0 Å². The zero-order valence-corrected chi connectivity index (χ0v) is 13.5. The van der Waals surface area contributed by atoms with E-state index in [1.807, 2.05) is 51.1 Å². The summed E-state index contributed by atoms with van der Waals surface area (Å²) in [5.74, 6) is -0.613. The van der Waals surface area contributed by atoms with Gasteiger partial charge in [0.15, 0.2) is 11.6 Å². The van der Waals surface area contributed by atoms with E-state index in [1.165, 1.54) is 0 Å². The molecule has 0 radical (unpaired) electrons. The third-order valence-electron chi connectivity index (χ3n) is 3.49. The summed E-state index contributed by atoms with van der Waals surface area (Å²) in [7, 11) is 0. The molecule has 22 heavy (non-hydrogen) atoms. The Morgan fingerprint density at radius 3 is 2.73 bits per heavy atom. The van der Waals surface area contributed by atoms with Gasteiger partial charge in [-0.3, -0.25) is 4.79 Å². The first-order chi connectivity index (χ1) is 10.5. The molecule has 1 heterocycles. The molecule has 1 saturated heterocycles. The molecule has 0 spiro atoms. The van der Waals surface area contributed by atoms with Crippen LogP contribution in [-0.2, 0) is 25.6 Å². The molecule has 0 bridgehead atoms. The molecule has 0 amide bonds. The van der Waals surface area contributed by atoms with Crippen molar-refractivity contribution in [2.24, 2.45) is 0 Å². The molecule has 0 aromatic heterocycles. The number of carbonyl (C=O) groups excluding carboxylic acids is 1. The Morgan fingerprint density at radius 1 is 1.41 bits per heavy atom. The summed E-state index contributed by atoms with van der Waals surface area (Å²) in [6.45, 7) is 6.58. The molecule has 1 aromatic rings. The molecule has 1 aliphatic rings. The van der Waals surface area contributed by atoms with Gasteiger partial charge >= 0.3 is 0 Å². The van der Waals surface area contributed by atoms with Gasteiger partial charge in [0.05, 0.1) is 13.2 Å². The molecular formula is C18H24O4. The highest BCUT2D eigenvalue weighted by Crippen LogP contribution is 2.22. The van der Waals surface area contributed by atoms with Gasteiger partial charge in [-0.2, -0.15) is 0 Å². The van der Waals surface area contributed by atoms with Gasteiger partial charge in [-0.15, -0.1) is 0 Å². The highest BCUT2D eigenvalue weighted by Gasteiger charge is 2.31. The Balaban J connectivity index is 1.84. The predicted octanol–water partition coefficient (Wildman–Crippen LogP) is 3.26.